The van der Waals surface area contributed by atoms with E-state index in [4.69, 9.17) is 0 Å². The third-order valence-electron chi connectivity index (χ3n) is 4.06. The molecule has 1 aliphatic heterocycles. The van der Waals surface area contributed by atoms with Crippen LogP contribution in [-0.2, 0) is 6.54 Å². The second kappa shape index (κ2) is 7.04. The van der Waals surface area contributed by atoms with Gasteiger partial charge in [0.05, 0.1) is 0 Å². The summed E-state index contributed by atoms with van der Waals surface area (Å²) < 4.78 is 0. The second-order valence-electron chi connectivity index (χ2n) is 5.71. The molecule has 1 aliphatic rings. The van der Waals surface area contributed by atoms with Crippen LogP contribution < -0.4 is 0 Å². The first-order valence-electron chi connectivity index (χ1n) is 7.33. The zero-order valence-corrected chi connectivity index (χ0v) is 12.1. The van der Waals surface area contributed by atoms with E-state index in [0.29, 0.717) is 12.1 Å². The average molecular weight is 262 g/mol. The molecule has 0 spiro atoms. The number of piperazine rings is 1. The van der Waals surface area contributed by atoms with E-state index < -0.39 is 0 Å². The first-order chi connectivity index (χ1) is 9.20. The van der Waals surface area contributed by atoms with Crippen LogP contribution in [0.15, 0.2) is 30.3 Å². The van der Waals surface area contributed by atoms with Crippen LogP contribution in [-0.4, -0.2) is 53.2 Å². The first kappa shape index (κ1) is 14.5. The fourth-order valence-corrected chi connectivity index (χ4v) is 2.83. The summed E-state index contributed by atoms with van der Waals surface area (Å²) in [6, 6.07) is 11.7. The standard InChI is InChI=1S/C16H26N2O/c1-14(2)17-9-10-18(16(13-17)8-11-19)12-15-6-4-3-5-7-15/h3-7,14,16,19H,8-13H2,1-2H3/t16-/m1/s1. The summed E-state index contributed by atoms with van der Waals surface area (Å²) in [6.45, 7) is 9.08. The molecule has 106 valence electrons. The maximum Gasteiger partial charge on any atom is 0.0446 e. The van der Waals surface area contributed by atoms with Gasteiger partial charge in [-0.3, -0.25) is 9.80 Å². The van der Waals surface area contributed by atoms with Gasteiger partial charge in [-0.05, 0) is 25.8 Å². The largest absolute Gasteiger partial charge is 0.396 e. The summed E-state index contributed by atoms with van der Waals surface area (Å²) in [5.41, 5.74) is 1.36. The van der Waals surface area contributed by atoms with E-state index in [1.54, 1.807) is 0 Å². The number of benzene rings is 1. The predicted octanol–water partition coefficient (Wildman–Crippen LogP) is 1.96. The van der Waals surface area contributed by atoms with Crippen LogP contribution in [0.25, 0.3) is 0 Å². The van der Waals surface area contributed by atoms with Crippen LogP contribution >= 0.6 is 0 Å². The summed E-state index contributed by atoms with van der Waals surface area (Å²) in [5, 5.41) is 9.28. The molecule has 2 rings (SSSR count). The van der Waals surface area contributed by atoms with Crippen molar-refractivity contribution in [1.82, 2.24) is 9.80 Å². The molecule has 3 nitrogen and oxygen atoms in total. The molecule has 0 aliphatic carbocycles. The molecule has 1 aromatic rings. The highest BCUT2D eigenvalue weighted by Crippen LogP contribution is 2.17. The Kier molecular flexibility index (Phi) is 5.37. The Morgan fingerprint density at radius 3 is 2.58 bits per heavy atom. The highest BCUT2D eigenvalue weighted by molar-refractivity contribution is 5.14. The van der Waals surface area contributed by atoms with Crippen LogP contribution in [0.2, 0.25) is 0 Å². The van der Waals surface area contributed by atoms with E-state index in [0.717, 1.165) is 32.6 Å². The van der Waals surface area contributed by atoms with Crippen molar-refractivity contribution in [3.05, 3.63) is 35.9 Å². The molecular weight excluding hydrogens is 236 g/mol. The van der Waals surface area contributed by atoms with E-state index in [1.165, 1.54) is 5.56 Å². The van der Waals surface area contributed by atoms with E-state index in [1.807, 2.05) is 0 Å². The quantitative estimate of drug-likeness (QED) is 0.879. The van der Waals surface area contributed by atoms with E-state index in [2.05, 4.69) is 54.0 Å². The van der Waals surface area contributed by atoms with Crippen LogP contribution in [0.1, 0.15) is 25.8 Å². The Labute approximate surface area is 116 Å². The van der Waals surface area contributed by atoms with Crippen molar-refractivity contribution >= 4 is 0 Å². The maximum absolute atomic E-state index is 9.28. The molecule has 0 radical (unpaired) electrons. The summed E-state index contributed by atoms with van der Waals surface area (Å²) >= 11 is 0. The summed E-state index contributed by atoms with van der Waals surface area (Å²) in [6.07, 6.45) is 0.871. The molecule has 1 fully saturated rings. The average Bonchev–Trinajstić information content (AvgIpc) is 2.42. The molecule has 0 amide bonds. The Morgan fingerprint density at radius 1 is 1.21 bits per heavy atom. The van der Waals surface area contributed by atoms with Gasteiger partial charge >= 0.3 is 0 Å². The third-order valence-corrected chi connectivity index (χ3v) is 4.06. The van der Waals surface area contributed by atoms with Gasteiger partial charge in [0.15, 0.2) is 0 Å². The third kappa shape index (κ3) is 4.03. The molecule has 19 heavy (non-hydrogen) atoms. The Balaban J connectivity index is 1.99. The molecule has 0 saturated carbocycles. The van der Waals surface area contributed by atoms with Gasteiger partial charge in [0.25, 0.3) is 0 Å². The fourth-order valence-electron chi connectivity index (χ4n) is 2.83. The van der Waals surface area contributed by atoms with Crippen LogP contribution in [0.5, 0.6) is 0 Å². The molecule has 1 aromatic carbocycles. The van der Waals surface area contributed by atoms with Gasteiger partial charge in [0.1, 0.15) is 0 Å². The summed E-state index contributed by atoms with van der Waals surface area (Å²) in [5.74, 6) is 0. The SMILES string of the molecule is CC(C)N1CCN(Cc2ccccc2)[C@H](CCO)C1. The summed E-state index contributed by atoms with van der Waals surface area (Å²) in [4.78, 5) is 5.03. The highest BCUT2D eigenvalue weighted by atomic mass is 16.3. The van der Waals surface area contributed by atoms with Crippen molar-refractivity contribution in [3.8, 4) is 0 Å². The van der Waals surface area contributed by atoms with Crippen molar-refractivity contribution in [2.45, 2.75) is 38.9 Å². The van der Waals surface area contributed by atoms with Gasteiger partial charge in [-0.1, -0.05) is 30.3 Å². The molecule has 1 atom stereocenters. The van der Waals surface area contributed by atoms with Crippen molar-refractivity contribution in [2.24, 2.45) is 0 Å². The lowest BCUT2D eigenvalue weighted by atomic mass is 10.1. The van der Waals surface area contributed by atoms with Crippen LogP contribution in [0.4, 0.5) is 0 Å². The van der Waals surface area contributed by atoms with Crippen LogP contribution in [0, 0.1) is 0 Å². The fraction of sp³-hybridized carbons (Fsp3) is 0.625. The van der Waals surface area contributed by atoms with Crippen LogP contribution in [0.3, 0.4) is 0 Å². The van der Waals surface area contributed by atoms with Gasteiger partial charge < -0.3 is 5.11 Å². The predicted molar refractivity (Wildman–Crippen MR) is 79.1 cm³/mol. The Hall–Kier alpha value is -0.900. The lowest BCUT2D eigenvalue weighted by Gasteiger charge is -2.43. The number of nitrogens with zero attached hydrogens (tertiary/aromatic N) is 2. The zero-order chi connectivity index (χ0) is 13.7. The van der Waals surface area contributed by atoms with Crippen molar-refractivity contribution < 1.29 is 5.11 Å². The van der Waals surface area contributed by atoms with Gasteiger partial charge in [0, 0.05) is 44.9 Å². The number of rotatable bonds is 5. The highest BCUT2D eigenvalue weighted by Gasteiger charge is 2.27. The molecule has 0 aromatic heterocycles. The minimum atomic E-state index is 0.280. The van der Waals surface area contributed by atoms with Gasteiger partial charge in [-0.25, -0.2) is 0 Å². The molecule has 1 heterocycles. The maximum atomic E-state index is 9.28. The topological polar surface area (TPSA) is 26.7 Å². The molecule has 3 heteroatoms. The second-order valence-corrected chi connectivity index (χ2v) is 5.71. The Bertz CT molecular complexity index is 366. The van der Waals surface area contributed by atoms with Crippen molar-refractivity contribution in [2.75, 3.05) is 26.2 Å². The molecule has 1 N–H and O–H groups in total. The van der Waals surface area contributed by atoms with E-state index in [9.17, 15) is 5.11 Å². The van der Waals surface area contributed by atoms with Gasteiger partial charge in [-0.15, -0.1) is 0 Å². The zero-order valence-electron chi connectivity index (χ0n) is 12.1. The Morgan fingerprint density at radius 2 is 1.95 bits per heavy atom. The lowest BCUT2D eigenvalue weighted by Crippen LogP contribution is -2.54. The van der Waals surface area contributed by atoms with Gasteiger partial charge in [-0.2, -0.15) is 0 Å². The minimum absolute atomic E-state index is 0.280. The molecule has 0 bridgehead atoms. The smallest absolute Gasteiger partial charge is 0.0446 e. The molecule has 1 saturated heterocycles. The number of hydrogen-bond acceptors (Lipinski definition) is 3. The van der Waals surface area contributed by atoms with Crippen molar-refractivity contribution in [1.29, 1.82) is 0 Å². The number of aliphatic hydroxyl groups excluding tert-OH is 1. The lowest BCUT2D eigenvalue weighted by molar-refractivity contribution is 0.0389. The van der Waals surface area contributed by atoms with Crippen molar-refractivity contribution in [3.63, 3.8) is 0 Å². The molecule has 0 unspecified atom stereocenters. The van der Waals surface area contributed by atoms with E-state index >= 15 is 0 Å². The number of aliphatic hydroxyl groups is 1. The minimum Gasteiger partial charge on any atom is -0.396 e. The normalized spacial score (nSPS) is 22.0. The summed E-state index contributed by atoms with van der Waals surface area (Å²) in [7, 11) is 0. The number of hydrogen-bond donors (Lipinski definition) is 1. The monoisotopic (exact) mass is 262 g/mol. The van der Waals surface area contributed by atoms with E-state index in [-0.39, 0.29) is 6.61 Å². The van der Waals surface area contributed by atoms with Gasteiger partial charge in [0.2, 0.25) is 0 Å². The molecular formula is C16H26N2O. The first-order valence-corrected chi connectivity index (χ1v) is 7.33.